The summed E-state index contributed by atoms with van der Waals surface area (Å²) in [5.74, 6) is 0. The van der Waals surface area contributed by atoms with E-state index in [2.05, 4.69) is 37.7 Å². The Balaban J connectivity index is 1.91. The zero-order valence-corrected chi connectivity index (χ0v) is 13.0. The van der Waals surface area contributed by atoms with Gasteiger partial charge in [-0.3, -0.25) is 4.98 Å². The van der Waals surface area contributed by atoms with Crippen LogP contribution in [0.25, 0.3) is 10.9 Å². The highest BCUT2D eigenvalue weighted by molar-refractivity contribution is 9.10. The Morgan fingerprint density at radius 3 is 3.00 bits per heavy atom. The standard InChI is InChI=1S/C14H10BrClN2S/c15-10-5-12(19-8-10)7-18-13-6-11(16)4-9-2-1-3-17-14(9)13/h1-6,8,18H,7H2. The summed E-state index contributed by atoms with van der Waals surface area (Å²) in [6.07, 6.45) is 1.79. The molecule has 0 saturated carbocycles. The summed E-state index contributed by atoms with van der Waals surface area (Å²) in [5.41, 5.74) is 1.91. The van der Waals surface area contributed by atoms with Crippen LogP contribution in [0, 0.1) is 0 Å². The number of aromatic nitrogens is 1. The van der Waals surface area contributed by atoms with Gasteiger partial charge in [-0.2, -0.15) is 0 Å². The van der Waals surface area contributed by atoms with Crippen molar-refractivity contribution in [1.29, 1.82) is 0 Å². The minimum Gasteiger partial charge on any atom is -0.378 e. The highest BCUT2D eigenvalue weighted by Gasteiger charge is 2.05. The van der Waals surface area contributed by atoms with Crippen molar-refractivity contribution in [2.24, 2.45) is 0 Å². The molecule has 0 aliphatic carbocycles. The number of nitrogens with one attached hydrogen (secondary N) is 1. The summed E-state index contributed by atoms with van der Waals surface area (Å²) in [6, 6.07) is 9.88. The average molecular weight is 354 g/mol. The molecule has 0 amide bonds. The summed E-state index contributed by atoms with van der Waals surface area (Å²) in [4.78, 5) is 5.67. The second-order valence-electron chi connectivity index (χ2n) is 4.11. The van der Waals surface area contributed by atoms with Gasteiger partial charge in [-0.15, -0.1) is 11.3 Å². The van der Waals surface area contributed by atoms with Crippen molar-refractivity contribution in [3.05, 3.63) is 56.3 Å². The maximum absolute atomic E-state index is 6.14. The molecule has 5 heteroatoms. The van der Waals surface area contributed by atoms with Crippen LogP contribution in [0.15, 0.2) is 46.4 Å². The van der Waals surface area contributed by atoms with Crippen LogP contribution in [0.3, 0.4) is 0 Å². The van der Waals surface area contributed by atoms with Gasteiger partial charge in [0, 0.05) is 37.9 Å². The van der Waals surface area contributed by atoms with Gasteiger partial charge >= 0.3 is 0 Å². The second-order valence-corrected chi connectivity index (χ2v) is 6.46. The Morgan fingerprint density at radius 2 is 2.21 bits per heavy atom. The van der Waals surface area contributed by atoms with E-state index in [0.29, 0.717) is 0 Å². The molecule has 0 atom stereocenters. The molecule has 19 heavy (non-hydrogen) atoms. The maximum atomic E-state index is 6.14. The highest BCUT2D eigenvalue weighted by atomic mass is 79.9. The Bertz CT molecular complexity index is 726. The number of rotatable bonds is 3. The van der Waals surface area contributed by atoms with Crippen molar-refractivity contribution < 1.29 is 0 Å². The minimum absolute atomic E-state index is 0.718. The molecule has 2 aromatic heterocycles. The smallest absolute Gasteiger partial charge is 0.0934 e. The van der Waals surface area contributed by atoms with Gasteiger partial charge in [-0.1, -0.05) is 17.7 Å². The van der Waals surface area contributed by atoms with Crippen LogP contribution in [0.4, 0.5) is 5.69 Å². The number of anilines is 1. The monoisotopic (exact) mass is 352 g/mol. The van der Waals surface area contributed by atoms with Gasteiger partial charge in [0.1, 0.15) is 0 Å². The Labute approximate surface area is 128 Å². The SMILES string of the molecule is Clc1cc(NCc2cc(Br)cs2)c2ncccc2c1. The summed E-state index contributed by atoms with van der Waals surface area (Å²) < 4.78 is 1.11. The van der Waals surface area contributed by atoms with Crippen LogP contribution in [0.2, 0.25) is 5.02 Å². The lowest BCUT2D eigenvalue weighted by Gasteiger charge is -2.08. The van der Waals surface area contributed by atoms with Crippen LogP contribution in [-0.2, 0) is 6.54 Å². The molecule has 1 N–H and O–H groups in total. The number of benzene rings is 1. The lowest BCUT2D eigenvalue weighted by atomic mass is 10.2. The van der Waals surface area contributed by atoms with Gasteiger partial charge < -0.3 is 5.32 Å². The largest absolute Gasteiger partial charge is 0.378 e. The molecule has 0 unspecified atom stereocenters. The fraction of sp³-hybridized carbons (Fsp3) is 0.0714. The van der Waals surface area contributed by atoms with E-state index in [-0.39, 0.29) is 0 Å². The third-order valence-electron chi connectivity index (χ3n) is 2.74. The molecular formula is C14H10BrClN2S. The second kappa shape index (κ2) is 5.49. The van der Waals surface area contributed by atoms with Crippen molar-refractivity contribution in [2.45, 2.75) is 6.54 Å². The fourth-order valence-corrected chi connectivity index (χ4v) is 3.54. The summed E-state index contributed by atoms with van der Waals surface area (Å²) in [7, 11) is 0. The molecule has 1 aromatic carbocycles. The molecule has 0 aliphatic heterocycles. The first-order valence-corrected chi connectivity index (χ1v) is 7.78. The van der Waals surface area contributed by atoms with E-state index in [1.807, 2.05) is 24.3 Å². The van der Waals surface area contributed by atoms with Gasteiger partial charge in [-0.05, 0) is 40.2 Å². The summed E-state index contributed by atoms with van der Waals surface area (Å²) in [5, 5.41) is 7.24. The fourth-order valence-electron chi connectivity index (χ4n) is 1.92. The lowest BCUT2D eigenvalue weighted by Crippen LogP contribution is -1.99. The number of halogens is 2. The average Bonchev–Trinajstić information content (AvgIpc) is 2.81. The number of pyridine rings is 1. The molecule has 3 aromatic rings. The van der Waals surface area contributed by atoms with Gasteiger partial charge in [0.2, 0.25) is 0 Å². The van der Waals surface area contributed by atoms with Gasteiger partial charge in [0.05, 0.1) is 11.2 Å². The Kier molecular flexibility index (Phi) is 3.73. The predicted octanol–water partition coefficient (Wildman–Crippen LogP) is 5.32. The maximum Gasteiger partial charge on any atom is 0.0934 e. The predicted molar refractivity (Wildman–Crippen MR) is 86.1 cm³/mol. The van der Waals surface area contributed by atoms with Crippen molar-refractivity contribution in [1.82, 2.24) is 4.98 Å². The molecule has 96 valence electrons. The van der Waals surface area contributed by atoms with E-state index < -0.39 is 0 Å². The van der Waals surface area contributed by atoms with Gasteiger partial charge in [0.25, 0.3) is 0 Å². The van der Waals surface area contributed by atoms with Crippen molar-refractivity contribution in [3.8, 4) is 0 Å². The molecule has 0 radical (unpaired) electrons. The Morgan fingerprint density at radius 1 is 1.32 bits per heavy atom. The normalized spacial score (nSPS) is 10.8. The van der Waals surface area contributed by atoms with Gasteiger partial charge in [0.15, 0.2) is 0 Å². The third kappa shape index (κ3) is 2.91. The molecule has 0 fully saturated rings. The number of thiophene rings is 1. The molecular weight excluding hydrogens is 344 g/mol. The topological polar surface area (TPSA) is 24.9 Å². The Hall–Kier alpha value is -1.10. The lowest BCUT2D eigenvalue weighted by molar-refractivity contribution is 1.19. The molecule has 2 heterocycles. The quantitative estimate of drug-likeness (QED) is 0.689. The van der Waals surface area contributed by atoms with E-state index in [0.717, 1.165) is 32.6 Å². The highest BCUT2D eigenvalue weighted by Crippen LogP contribution is 2.27. The van der Waals surface area contributed by atoms with Crippen LogP contribution in [-0.4, -0.2) is 4.98 Å². The van der Waals surface area contributed by atoms with Crippen LogP contribution in [0.5, 0.6) is 0 Å². The zero-order chi connectivity index (χ0) is 13.2. The molecule has 0 saturated heterocycles. The number of fused-ring (bicyclic) bond motifs is 1. The summed E-state index contributed by atoms with van der Waals surface area (Å²) >= 11 is 11.3. The van der Waals surface area contributed by atoms with Crippen LogP contribution in [0.1, 0.15) is 4.88 Å². The third-order valence-corrected chi connectivity index (χ3v) is 4.66. The van der Waals surface area contributed by atoms with Crippen LogP contribution >= 0.6 is 38.9 Å². The zero-order valence-electron chi connectivity index (χ0n) is 9.86. The van der Waals surface area contributed by atoms with E-state index >= 15 is 0 Å². The van der Waals surface area contributed by atoms with E-state index in [1.165, 1.54) is 4.88 Å². The van der Waals surface area contributed by atoms with E-state index in [4.69, 9.17) is 11.6 Å². The van der Waals surface area contributed by atoms with Crippen molar-refractivity contribution in [3.63, 3.8) is 0 Å². The first kappa shape index (κ1) is 12.9. The first-order chi connectivity index (χ1) is 9.22. The van der Waals surface area contributed by atoms with E-state index in [9.17, 15) is 0 Å². The summed E-state index contributed by atoms with van der Waals surface area (Å²) in [6.45, 7) is 0.766. The number of hydrogen-bond donors (Lipinski definition) is 1. The number of hydrogen-bond acceptors (Lipinski definition) is 3. The minimum atomic E-state index is 0.718. The molecule has 0 spiro atoms. The first-order valence-electron chi connectivity index (χ1n) is 5.73. The molecule has 2 nitrogen and oxygen atoms in total. The van der Waals surface area contributed by atoms with Gasteiger partial charge in [-0.25, -0.2) is 0 Å². The molecule has 0 aliphatic rings. The van der Waals surface area contributed by atoms with Crippen LogP contribution < -0.4 is 5.32 Å². The van der Waals surface area contributed by atoms with Crippen molar-refractivity contribution >= 4 is 55.5 Å². The van der Waals surface area contributed by atoms with E-state index in [1.54, 1.807) is 17.5 Å². The molecule has 0 bridgehead atoms. The number of nitrogens with zero attached hydrogens (tertiary/aromatic N) is 1. The van der Waals surface area contributed by atoms with Crippen molar-refractivity contribution in [2.75, 3.05) is 5.32 Å². The molecule has 3 rings (SSSR count).